The van der Waals surface area contributed by atoms with E-state index in [0.717, 1.165) is 49.1 Å². The molecule has 0 unspecified atom stereocenters. The summed E-state index contributed by atoms with van der Waals surface area (Å²) in [6, 6.07) is 0. The van der Waals surface area contributed by atoms with Crippen LogP contribution in [0.4, 0.5) is 0 Å². The minimum absolute atomic E-state index is 0. The van der Waals surface area contributed by atoms with Crippen LogP contribution in [-0.4, -0.2) is 35.6 Å². The second-order valence-electron chi connectivity index (χ2n) is 7.31. The molecular weight excluding hydrogens is 489 g/mol. The SMILES string of the molecule is CCNC(=NCCc1nc(C(C)(C)C)cs1)NCCc1nc(C)c(C)s1.I. The van der Waals surface area contributed by atoms with Crippen molar-refractivity contribution in [2.24, 2.45) is 4.99 Å². The van der Waals surface area contributed by atoms with E-state index in [1.165, 1.54) is 15.6 Å². The molecule has 8 heteroatoms. The van der Waals surface area contributed by atoms with Crippen molar-refractivity contribution < 1.29 is 0 Å². The Morgan fingerprint density at radius 2 is 1.85 bits per heavy atom. The maximum Gasteiger partial charge on any atom is 0.191 e. The number of hydrogen-bond donors (Lipinski definition) is 2. The van der Waals surface area contributed by atoms with Crippen molar-refractivity contribution in [1.29, 1.82) is 0 Å². The third-order valence-electron chi connectivity index (χ3n) is 3.96. The number of thiazole rings is 2. The standard InChI is InChI=1S/C19H31N5S2.HI/c1-7-20-18(22-11-9-17-23-13(2)14(3)26-17)21-10-8-16-24-15(12-25-16)19(4,5)6;/h12H,7-11H2,1-6H3,(H2,20,21,22);1H. The molecule has 0 aliphatic heterocycles. The van der Waals surface area contributed by atoms with E-state index in [0.29, 0.717) is 0 Å². The van der Waals surface area contributed by atoms with Crippen LogP contribution in [-0.2, 0) is 18.3 Å². The van der Waals surface area contributed by atoms with Gasteiger partial charge >= 0.3 is 0 Å². The average Bonchev–Trinajstić information content (AvgIpc) is 3.14. The molecular formula is C19H32IN5S2. The van der Waals surface area contributed by atoms with Gasteiger partial charge in [0, 0.05) is 48.1 Å². The smallest absolute Gasteiger partial charge is 0.191 e. The maximum absolute atomic E-state index is 4.74. The fraction of sp³-hybridized carbons (Fsp3) is 0.632. The summed E-state index contributed by atoms with van der Waals surface area (Å²) in [5, 5.41) is 11.2. The lowest BCUT2D eigenvalue weighted by Gasteiger charge is -2.14. The molecule has 2 aromatic rings. The summed E-state index contributed by atoms with van der Waals surface area (Å²) in [5.74, 6) is 0.866. The van der Waals surface area contributed by atoms with Gasteiger partial charge in [-0.25, -0.2) is 9.97 Å². The van der Waals surface area contributed by atoms with E-state index in [-0.39, 0.29) is 29.4 Å². The lowest BCUT2D eigenvalue weighted by Crippen LogP contribution is -2.38. The molecule has 2 aromatic heterocycles. The van der Waals surface area contributed by atoms with Crippen LogP contribution in [0.3, 0.4) is 0 Å². The Balaban J connectivity index is 0.00000364. The second kappa shape index (κ2) is 11.3. The first-order valence-corrected chi connectivity index (χ1v) is 10.9. The van der Waals surface area contributed by atoms with Gasteiger partial charge in [0.25, 0.3) is 0 Å². The molecule has 2 heterocycles. The molecule has 5 nitrogen and oxygen atoms in total. The van der Waals surface area contributed by atoms with Gasteiger partial charge in [-0.05, 0) is 20.8 Å². The first-order chi connectivity index (χ1) is 12.3. The third-order valence-corrected chi connectivity index (χ3v) is 6.01. The van der Waals surface area contributed by atoms with E-state index < -0.39 is 0 Å². The van der Waals surface area contributed by atoms with Crippen molar-refractivity contribution in [2.45, 2.75) is 59.8 Å². The maximum atomic E-state index is 4.74. The highest BCUT2D eigenvalue weighted by Crippen LogP contribution is 2.24. The molecule has 0 aliphatic rings. The van der Waals surface area contributed by atoms with Crippen LogP contribution in [0.15, 0.2) is 10.4 Å². The molecule has 0 bridgehead atoms. The molecule has 0 aromatic carbocycles. The van der Waals surface area contributed by atoms with Crippen molar-refractivity contribution in [3.8, 4) is 0 Å². The summed E-state index contributed by atoms with van der Waals surface area (Å²) in [6.07, 6.45) is 1.80. The third kappa shape index (κ3) is 8.03. The first kappa shape index (κ1) is 24.3. The summed E-state index contributed by atoms with van der Waals surface area (Å²) in [6.45, 7) is 15.3. The minimum atomic E-state index is 0. The molecule has 2 N–H and O–H groups in total. The van der Waals surface area contributed by atoms with Crippen molar-refractivity contribution in [1.82, 2.24) is 20.6 Å². The van der Waals surface area contributed by atoms with Gasteiger partial charge in [0.1, 0.15) is 0 Å². The number of guanidine groups is 1. The average molecular weight is 522 g/mol. The summed E-state index contributed by atoms with van der Waals surface area (Å²) in [5.41, 5.74) is 2.42. The van der Waals surface area contributed by atoms with Gasteiger partial charge in [-0.2, -0.15) is 0 Å². The van der Waals surface area contributed by atoms with E-state index in [4.69, 9.17) is 4.98 Å². The highest BCUT2D eigenvalue weighted by Gasteiger charge is 2.17. The molecule has 27 heavy (non-hydrogen) atoms. The number of aryl methyl sites for hydroxylation is 2. The Morgan fingerprint density at radius 1 is 1.11 bits per heavy atom. The molecule has 0 radical (unpaired) electrons. The normalized spacial score (nSPS) is 12.0. The molecule has 2 rings (SSSR count). The van der Waals surface area contributed by atoms with E-state index in [9.17, 15) is 0 Å². The monoisotopic (exact) mass is 521 g/mol. The Bertz CT molecular complexity index is 711. The summed E-state index contributed by atoms with van der Waals surface area (Å²) >= 11 is 3.51. The molecule has 0 aliphatic carbocycles. The number of rotatable bonds is 7. The number of nitrogens with one attached hydrogen (secondary N) is 2. The van der Waals surface area contributed by atoms with Gasteiger partial charge in [-0.1, -0.05) is 20.8 Å². The molecule has 0 atom stereocenters. The lowest BCUT2D eigenvalue weighted by atomic mass is 9.93. The molecule has 0 fully saturated rings. The minimum Gasteiger partial charge on any atom is -0.357 e. The van der Waals surface area contributed by atoms with E-state index >= 15 is 0 Å². The fourth-order valence-electron chi connectivity index (χ4n) is 2.31. The lowest BCUT2D eigenvalue weighted by molar-refractivity contribution is 0.571. The highest BCUT2D eigenvalue weighted by molar-refractivity contribution is 14.0. The van der Waals surface area contributed by atoms with Gasteiger partial charge in [0.05, 0.1) is 21.4 Å². The number of halogens is 1. The molecule has 152 valence electrons. The summed E-state index contributed by atoms with van der Waals surface area (Å²) in [7, 11) is 0. The summed E-state index contributed by atoms with van der Waals surface area (Å²) in [4.78, 5) is 15.3. The zero-order valence-corrected chi connectivity index (χ0v) is 21.1. The van der Waals surface area contributed by atoms with Crippen molar-refractivity contribution in [3.63, 3.8) is 0 Å². The van der Waals surface area contributed by atoms with E-state index in [1.54, 1.807) is 22.7 Å². The highest BCUT2D eigenvalue weighted by atomic mass is 127. The second-order valence-corrected chi connectivity index (χ2v) is 9.54. The van der Waals surface area contributed by atoms with Crippen molar-refractivity contribution >= 4 is 52.6 Å². The van der Waals surface area contributed by atoms with Gasteiger partial charge in [-0.3, -0.25) is 4.99 Å². The zero-order chi connectivity index (χ0) is 19.2. The van der Waals surface area contributed by atoms with Crippen LogP contribution in [0.25, 0.3) is 0 Å². The van der Waals surface area contributed by atoms with Gasteiger partial charge < -0.3 is 10.6 Å². The van der Waals surface area contributed by atoms with Crippen LogP contribution >= 0.6 is 46.7 Å². The molecule has 0 saturated carbocycles. The quantitative estimate of drug-likeness (QED) is 0.321. The number of hydrogen-bond acceptors (Lipinski definition) is 5. The fourth-order valence-corrected chi connectivity index (χ4v) is 4.26. The summed E-state index contributed by atoms with van der Waals surface area (Å²) < 4.78 is 0. The van der Waals surface area contributed by atoms with Crippen LogP contribution in [0.1, 0.15) is 54.0 Å². The van der Waals surface area contributed by atoms with Crippen molar-refractivity contribution in [2.75, 3.05) is 19.6 Å². The van der Waals surface area contributed by atoms with Crippen LogP contribution in [0.5, 0.6) is 0 Å². The number of nitrogens with zero attached hydrogens (tertiary/aromatic N) is 3. The van der Waals surface area contributed by atoms with Gasteiger partial charge in [0.15, 0.2) is 5.96 Å². The molecule has 0 saturated heterocycles. The topological polar surface area (TPSA) is 62.2 Å². The van der Waals surface area contributed by atoms with Crippen LogP contribution < -0.4 is 10.6 Å². The first-order valence-electron chi connectivity index (χ1n) is 9.19. The Labute approximate surface area is 188 Å². The van der Waals surface area contributed by atoms with Crippen molar-refractivity contribution in [3.05, 3.63) is 31.7 Å². The van der Waals surface area contributed by atoms with Crippen LogP contribution in [0, 0.1) is 13.8 Å². The largest absolute Gasteiger partial charge is 0.357 e. The van der Waals surface area contributed by atoms with Gasteiger partial charge in [0.2, 0.25) is 0 Å². The Kier molecular flexibility index (Phi) is 10.2. The van der Waals surface area contributed by atoms with Crippen LogP contribution in [0.2, 0.25) is 0 Å². The Hall–Kier alpha value is -0.740. The number of aliphatic imine (C=N–C) groups is 1. The Morgan fingerprint density at radius 3 is 2.41 bits per heavy atom. The zero-order valence-electron chi connectivity index (χ0n) is 17.2. The number of aromatic nitrogens is 2. The predicted molar refractivity (Wildman–Crippen MR) is 129 cm³/mol. The van der Waals surface area contributed by atoms with E-state index in [2.05, 4.69) is 67.5 Å². The van der Waals surface area contributed by atoms with Gasteiger partial charge in [-0.15, -0.1) is 46.7 Å². The van der Waals surface area contributed by atoms with E-state index in [1.807, 2.05) is 0 Å². The molecule has 0 spiro atoms. The predicted octanol–water partition coefficient (Wildman–Crippen LogP) is 4.47. The molecule has 0 amide bonds.